The van der Waals surface area contributed by atoms with Gasteiger partial charge in [-0.15, -0.1) is 0 Å². The van der Waals surface area contributed by atoms with Crippen LogP contribution in [0.2, 0.25) is 0 Å². The molecular weight excluding hydrogens is 1740 g/mol. The number of nitrogens with one attached hydrogen (secondary N) is 13. The van der Waals surface area contributed by atoms with Crippen molar-refractivity contribution in [3.8, 4) is 0 Å². The molecule has 0 spiro atoms. The number of H-pyrrole nitrogens is 7. The van der Waals surface area contributed by atoms with Gasteiger partial charge in [0.1, 0.15) is 39.9 Å². The third-order valence-electron chi connectivity index (χ3n) is 25.5. The smallest absolute Gasteiger partial charge is 0.272 e. The first-order chi connectivity index (χ1) is 67.6. The molecule has 7 aromatic heterocycles. The first-order valence-electron chi connectivity index (χ1n) is 48.2. The second-order valence-electron chi connectivity index (χ2n) is 37.3. The molecule has 8 heterocycles. The lowest BCUT2D eigenvalue weighted by Gasteiger charge is -2.22. The summed E-state index contributed by atoms with van der Waals surface area (Å²) in [4.78, 5) is 111. The lowest BCUT2D eigenvalue weighted by atomic mass is 9.86. The van der Waals surface area contributed by atoms with Crippen LogP contribution in [0.4, 0.5) is 28.4 Å². The Morgan fingerprint density at radius 3 is 0.964 bits per heavy atom. The van der Waals surface area contributed by atoms with Gasteiger partial charge in [0.25, 0.3) is 41.4 Å². The number of hydrogen-bond acceptors (Lipinski definition) is 7. The summed E-state index contributed by atoms with van der Waals surface area (Å²) in [7, 11) is 0. The Bertz CT molecular complexity index is 7340. The van der Waals surface area contributed by atoms with Gasteiger partial charge in [0.2, 0.25) is 0 Å². The van der Waals surface area contributed by atoms with E-state index in [9.17, 15) is 33.6 Å². The van der Waals surface area contributed by atoms with Gasteiger partial charge in [-0.05, 0) is 259 Å². The van der Waals surface area contributed by atoms with E-state index >= 15 is 0 Å². The summed E-state index contributed by atoms with van der Waals surface area (Å²) in [5, 5.41) is 25.6. The second kappa shape index (κ2) is 45.1. The van der Waals surface area contributed by atoms with Crippen molar-refractivity contribution in [2.45, 2.75) is 159 Å². The lowest BCUT2D eigenvalue weighted by molar-refractivity contribution is 0.0786. The van der Waals surface area contributed by atoms with Gasteiger partial charge in [0.15, 0.2) is 0 Å². The highest BCUT2D eigenvalue weighted by molar-refractivity contribution is 6.11. The van der Waals surface area contributed by atoms with Gasteiger partial charge in [-0.25, -0.2) is 0 Å². The Morgan fingerprint density at radius 2 is 0.586 bits per heavy atom. The fraction of sp³-hybridized carbons (Fsp3) is 0.218. The molecule has 21 nitrogen and oxygen atoms in total. The Kier molecular flexibility index (Phi) is 31.7. The molecule has 1 aliphatic heterocycles. The average Bonchev–Trinajstić information content (AvgIpc) is 1.71. The van der Waals surface area contributed by atoms with E-state index in [1.54, 1.807) is 0 Å². The van der Waals surface area contributed by atoms with Crippen LogP contribution in [0.3, 0.4) is 0 Å². The molecular formula is C119H124N14O7. The standard InChI is InChI=1S/2C19H20N2O.2C18H18N2O.C17H16N2O.C15H18N2O.C13H14N2O/c1-19(2,3)14-9-5-7-11-16(14)21-18(22)17-12-13-8-4-6-10-15(13)20-17;1-3-13-9-7-10-14(4-2)18(13)21-19(22)17-12-15-8-5-6-11-16(15)20-17;2*1-11-7-8-15-14(9-11)10-16(19-15)18(21)20-17-12(2)5-4-6-13(17)3;1-11-7-8-15-13(9-11)10-16(18-15)17(20)19-14-6-4-3-5-12(14)2;18-15(16-12-7-2-1-3-8-12)14-10-11-6-4-5-9-13(11)17-14;16-13(15-7-3-4-8-15)12-9-10-5-1-2-6-11(10)14-12/h4-12,20H,1-3H3,(H,21,22);5-12,20H,3-4H2,1-2H3,(H,21,22);2*4-10,19H,1-3H3,(H,20,21);3-10,18H,1-2H3,(H,19,20);4-6,9-10,12,17H,1-3,7-8H2,(H,16,18);1-2,5-6,9,14H,3-4,7-8H2. The van der Waals surface area contributed by atoms with Crippen LogP contribution in [0.1, 0.15) is 214 Å². The number of amides is 7. The van der Waals surface area contributed by atoms with Gasteiger partial charge in [0, 0.05) is 124 Å². The minimum atomic E-state index is -0.118. The first kappa shape index (κ1) is 98.2. The number of anilines is 5. The number of para-hydroxylation sites is 9. The molecule has 21 heteroatoms. The number of carbonyl (C=O) groups is 7. The number of likely N-dealkylation sites (tertiary alicyclic amines) is 1. The van der Waals surface area contributed by atoms with Crippen molar-refractivity contribution in [2.75, 3.05) is 39.7 Å². The fourth-order valence-electron chi connectivity index (χ4n) is 17.8. The minimum Gasteiger partial charge on any atom is -0.351 e. The van der Waals surface area contributed by atoms with Crippen molar-refractivity contribution < 1.29 is 33.6 Å². The van der Waals surface area contributed by atoms with E-state index < -0.39 is 0 Å². The molecule has 12 aromatic carbocycles. The van der Waals surface area contributed by atoms with Crippen LogP contribution in [-0.2, 0) is 18.3 Å². The molecule has 2 aliphatic rings. The van der Waals surface area contributed by atoms with Gasteiger partial charge in [-0.2, -0.15) is 0 Å². The van der Waals surface area contributed by atoms with E-state index in [0.29, 0.717) is 45.9 Å². The normalized spacial score (nSPS) is 12.3. The maximum Gasteiger partial charge on any atom is 0.272 e. The molecule has 1 saturated carbocycles. The van der Waals surface area contributed by atoms with Crippen molar-refractivity contribution in [1.29, 1.82) is 0 Å². The number of carbonyl (C=O) groups excluding carboxylic acids is 7. The summed E-state index contributed by atoms with van der Waals surface area (Å²) in [6.45, 7) is 28.5. The van der Waals surface area contributed by atoms with E-state index in [4.69, 9.17) is 0 Å². The van der Waals surface area contributed by atoms with Crippen molar-refractivity contribution in [3.05, 3.63) is 398 Å². The number of fused-ring (bicyclic) bond motifs is 7. The highest BCUT2D eigenvalue weighted by Crippen LogP contribution is 2.33. The summed E-state index contributed by atoms with van der Waals surface area (Å²) >= 11 is 0. The number of aryl methyl sites for hydroxylation is 10. The Hall–Kier alpha value is -16.3. The van der Waals surface area contributed by atoms with Crippen LogP contribution in [0, 0.1) is 55.4 Å². The quantitative estimate of drug-likeness (QED) is 0.0470. The van der Waals surface area contributed by atoms with Gasteiger partial charge in [0.05, 0.1) is 0 Å². The summed E-state index contributed by atoms with van der Waals surface area (Å²) in [5.74, 6) is -0.387. The van der Waals surface area contributed by atoms with Crippen LogP contribution in [0.5, 0.6) is 0 Å². The third-order valence-corrected chi connectivity index (χ3v) is 25.5. The van der Waals surface area contributed by atoms with E-state index in [-0.39, 0.29) is 46.8 Å². The monoisotopic (exact) mass is 1860 g/mol. The van der Waals surface area contributed by atoms with E-state index in [1.165, 1.54) is 47.1 Å². The Labute approximate surface area is 817 Å². The number of benzene rings is 12. The zero-order valence-electron chi connectivity index (χ0n) is 82.0. The van der Waals surface area contributed by atoms with Crippen molar-refractivity contribution in [1.82, 2.24) is 45.1 Å². The maximum absolute atomic E-state index is 12.6. The third kappa shape index (κ3) is 24.7. The molecule has 2 fully saturated rings. The molecule has 1 aliphatic carbocycles. The number of rotatable bonds is 15. The van der Waals surface area contributed by atoms with E-state index in [0.717, 1.165) is 190 Å². The summed E-state index contributed by atoms with van der Waals surface area (Å²) in [6.07, 6.45) is 10.1. The largest absolute Gasteiger partial charge is 0.351 e. The van der Waals surface area contributed by atoms with Crippen molar-refractivity contribution in [2.24, 2.45) is 0 Å². The SMILES string of the molecule is CC(C)(C)c1ccccc1NC(=O)c1cc2ccccc2[nH]1.CCc1cccc(CC)c1NC(=O)c1cc2ccccc2[nH]1.Cc1ccc2[nH]c(C(=O)Nc3c(C)cccc3C)cc2c1.Cc1ccc2[nH]c(C(=O)Nc3c(C)cccc3C)cc2c1.Cc1ccc2[nH]c(C(=O)Nc3ccccc3C)cc2c1.O=C(NC1CCCCC1)c1cc2ccccc2[nH]1.O=C(c1cc2ccccc2[nH]1)N1CCCC1. The molecule has 0 radical (unpaired) electrons. The number of nitrogens with zero attached hydrogens (tertiary/aromatic N) is 1. The molecule has 19 aromatic rings. The van der Waals surface area contributed by atoms with Crippen LogP contribution in [-0.4, -0.2) is 100 Å². The summed E-state index contributed by atoms with van der Waals surface area (Å²) < 4.78 is 0. The van der Waals surface area contributed by atoms with Crippen molar-refractivity contribution >= 4 is 146 Å². The molecule has 712 valence electrons. The maximum atomic E-state index is 12.6. The van der Waals surface area contributed by atoms with E-state index in [1.807, 2.05) is 315 Å². The zero-order chi connectivity index (χ0) is 98.7. The highest BCUT2D eigenvalue weighted by Gasteiger charge is 2.25. The fourth-order valence-corrected chi connectivity index (χ4v) is 17.8. The van der Waals surface area contributed by atoms with E-state index in [2.05, 4.69) is 144 Å². The molecule has 0 unspecified atom stereocenters. The molecule has 7 amide bonds. The number of hydrogen-bond donors (Lipinski definition) is 13. The van der Waals surface area contributed by atoms with Crippen molar-refractivity contribution in [3.63, 3.8) is 0 Å². The molecule has 21 rings (SSSR count). The van der Waals surface area contributed by atoms with Crippen LogP contribution < -0.4 is 31.9 Å². The van der Waals surface area contributed by atoms with Gasteiger partial charge in [-0.3, -0.25) is 33.6 Å². The predicted molar refractivity (Wildman–Crippen MR) is 575 cm³/mol. The van der Waals surface area contributed by atoms with Crippen LogP contribution >= 0.6 is 0 Å². The zero-order valence-corrected chi connectivity index (χ0v) is 82.0. The lowest BCUT2D eigenvalue weighted by Crippen LogP contribution is -2.36. The minimum absolute atomic E-state index is 0.0235. The number of aromatic nitrogens is 7. The second-order valence-corrected chi connectivity index (χ2v) is 37.3. The van der Waals surface area contributed by atoms with Gasteiger partial charge < -0.3 is 71.7 Å². The molecule has 140 heavy (non-hydrogen) atoms. The Morgan fingerprint density at radius 1 is 0.286 bits per heavy atom. The van der Waals surface area contributed by atoms with Crippen LogP contribution in [0.25, 0.3) is 76.3 Å². The van der Waals surface area contributed by atoms with Crippen LogP contribution in [0.15, 0.2) is 297 Å². The molecule has 0 atom stereocenters. The average molecular weight is 1860 g/mol. The highest BCUT2D eigenvalue weighted by atomic mass is 16.2. The Balaban J connectivity index is 0.000000124. The van der Waals surface area contributed by atoms with Gasteiger partial charge in [-0.1, -0.05) is 253 Å². The topological polar surface area (TPSA) is 305 Å². The summed E-state index contributed by atoms with van der Waals surface area (Å²) in [5.41, 5.74) is 27.9. The molecule has 1 saturated heterocycles. The number of aromatic amines is 7. The predicted octanol–water partition coefficient (Wildman–Crippen LogP) is 27.6. The van der Waals surface area contributed by atoms with Gasteiger partial charge >= 0.3 is 0 Å². The summed E-state index contributed by atoms with van der Waals surface area (Å²) in [6, 6.07) is 97.6. The molecule has 13 N–H and O–H groups in total. The molecule has 0 bridgehead atoms. The first-order valence-corrected chi connectivity index (χ1v) is 48.2.